The van der Waals surface area contributed by atoms with Gasteiger partial charge < -0.3 is 20.1 Å². The van der Waals surface area contributed by atoms with E-state index in [0.717, 1.165) is 20.9 Å². The molecule has 0 aliphatic rings. The fourth-order valence-electron chi connectivity index (χ4n) is 3.27. The third-order valence-corrected chi connectivity index (χ3v) is 7.29. The fraction of sp³-hybridized carbons (Fsp3) is 0.192. The van der Waals surface area contributed by atoms with Gasteiger partial charge in [0, 0.05) is 10.6 Å². The minimum absolute atomic E-state index is 0.0879. The summed E-state index contributed by atoms with van der Waals surface area (Å²) in [5.41, 5.74) is 1.46. The summed E-state index contributed by atoms with van der Waals surface area (Å²) in [5, 5.41) is 6.02. The minimum atomic E-state index is -0.316. The first-order valence-electron chi connectivity index (χ1n) is 11.0. The lowest BCUT2D eigenvalue weighted by atomic mass is 10.3. The van der Waals surface area contributed by atoms with Gasteiger partial charge in [-0.3, -0.25) is 9.59 Å². The van der Waals surface area contributed by atoms with E-state index in [2.05, 4.69) is 15.6 Å². The van der Waals surface area contributed by atoms with Crippen molar-refractivity contribution in [2.75, 3.05) is 24.4 Å². The molecule has 3 aromatic carbocycles. The Balaban J connectivity index is 1.35. The number of thiazole rings is 1. The van der Waals surface area contributed by atoms with E-state index in [4.69, 9.17) is 9.47 Å². The van der Waals surface area contributed by atoms with Crippen LogP contribution in [0.25, 0.3) is 10.2 Å². The lowest BCUT2D eigenvalue weighted by molar-refractivity contribution is -0.118. The van der Waals surface area contributed by atoms with E-state index >= 15 is 0 Å². The summed E-state index contributed by atoms with van der Waals surface area (Å²) in [5.74, 6) is 1.01. The summed E-state index contributed by atoms with van der Waals surface area (Å²) in [6.45, 7) is 1.88. The molecule has 9 heteroatoms. The number of benzene rings is 3. The second-order valence-corrected chi connectivity index (χ2v) is 9.84. The van der Waals surface area contributed by atoms with Crippen LogP contribution in [-0.2, 0) is 9.59 Å². The van der Waals surface area contributed by atoms with Gasteiger partial charge in [0.25, 0.3) is 5.91 Å². The van der Waals surface area contributed by atoms with Crippen molar-refractivity contribution in [1.82, 2.24) is 4.98 Å². The molecule has 1 unspecified atom stereocenters. The van der Waals surface area contributed by atoms with Crippen LogP contribution in [0.4, 0.5) is 10.8 Å². The molecule has 2 N–H and O–H groups in total. The molecule has 0 spiro atoms. The van der Waals surface area contributed by atoms with Crippen molar-refractivity contribution in [3.8, 4) is 11.5 Å². The van der Waals surface area contributed by atoms with Gasteiger partial charge in [-0.15, -0.1) is 11.8 Å². The monoisotopic (exact) mass is 507 g/mol. The Kier molecular flexibility index (Phi) is 8.23. The molecule has 0 bridgehead atoms. The number of anilines is 2. The Morgan fingerprint density at radius 3 is 2.60 bits per heavy atom. The Morgan fingerprint density at radius 2 is 1.83 bits per heavy atom. The van der Waals surface area contributed by atoms with Crippen LogP contribution in [0.1, 0.15) is 13.3 Å². The van der Waals surface area contributed by atoms with Crippen LogP contribution >= 0.6 is 23.1 Å². The van der Waals surface area contributed by atoms with Crippen molar-refractivity contribution in [2.45, 2.75) is 23.5 Å². The number of nitrogens with zero attached hydrogens (tertiary/aromatic N) is 1. The smallest absolute Gasteiger partial charge is 0.262 e. The van der Waals surface area contributed by atoms with Crippen LogP contribution in [0.2, 0.25) is 0 Å². The maximum absolute atomic E-state index is 13.0. The molecule has 4 aromatic rings. The Morgan fingerprint density at radius 1 is 1.00 bits per heavy atom. The molecule has 35 heavy (non-hydrogen) atoms. The van der Waals surface area contributed by atoms with Crippen molar-refractivity contribution in [2.24, 2.45) is 0 Å². The minimum Gasteiger partial charge on any atom is -0.497 e. The number of nitrogens with one attached hydrogen (secondary N) is 2. The predicted molar refractivity (Wildman–Crippen MR) is 142 cm³/mol. The maximum atomic E-state index is 13.0. The van der Waals surface area contributed by atoms with Crippen LogP contribution in [0.5, 0.6) is 11.5 Å². The SMILES string of the molecule is CCC(Sc1cccc(NC(=O)COc2ccccc2)c1)C(=O)Nc1nc2ccc(OC)cc2s1. The molecule has 0 fully saturated rings. The zero-order chi connectivity index (χ0) is 24.6. The lowest BCUT2D eigenvalue weighted by Crippen LogP contribution is -2.24. The largest absolute Gasteiger partial charge is 0.497 e. The average Bonchev–Trinajstić information content (AvgIpc) is 3.28. The van der Waals surface area contributed by atoms with Crippen molar-refractivity contribution >= 4 is 55.9 Å². The predicted octanol–water partition coefficient (Wildman–Crippen LogP) is 5.83. The Labute approximate surface area is 211 Å². The van der Waals surface area contributed by atoms with Gasteiger partial charge in [0.2, 0.25) is 5.91 Å². The Bertz CT molecular complexity index is 1310. The number of methoxy groups -OCH3 is 1. The third kappa shape index (κ3) is 6.74. The number of aromatic nitrogens is 1. The second-order valence-electron chi connectivity index (χ2n) is 7.53. The van der Waals surface area contributed by atoms with Gasteiger partial charge in [0.15, 0.2) is 11.7 Å². The summed E-state index contributed by atoms with van der Waals surface area (Å²) >= 11 is 2.85. The van der Waals surface area contributed by atoms with E-state index < -0.39 is 0 Å². The van der Waals surface area contributed by atoms with Gasteiger partial charge >= 0.3 is 0 Å². The fourth-order valence-corrected chi connectivity index (χ4v) is 5.18. The van der Waals surface area contributed by atoms with E-state index in [-0.39, 0.29) is 23.7 Å². The summed E-state index contributed by atoms with van der Waals surface area (Å²) in [7, 11) is 1.62. The van der Waals surface area contributed by atoms with Gasteiger partial charge in [-0.1, -0.05) is 42.5 Å². The van der Waals surface area contributed by atoms with Gasteiger partial charge in [0.1, 0.15) is 11.5 Å². The number of carbonyl (C=O) groups is 2. The van der Waals surface area contributed by atoms with Gasteiger partial charge in [-0.2, -0.15) is 0 Å². The number of hydrogen-bond donors (Lipinski definition) is 2. The summed E-state index contributed by atoms with van der Waals surface area (Å²) in [4.78, 5) is 30.6. The molecule has 0 aliphatic heterocycles. The van der Waals surface area contributed by atoms with Crippen molar-refractivity contribution in [1.29, 1.82) is 0 Å². The number of rotatable bonds is 10. The number of thioether (sulfide) groups is 1. The van der Waals surface area contributed by atoms with Crippen molar-refractivity contribution in [3.63, 3.8) is 0 Å². The van der Waals surface area contributed by atoms with Crippen LogP contribution in [0.3, 0.4) is 0 Å². The molecule has 1 atom stereocenters. The van der Waals surface area contributed by atoms with Crippen molar-refractivity contribution < 1.29 is 19.1 Å². The van der Waals surface area contributed by atoms with Gasteiger partial charge in [-0.05, 0) is 55.0 Å². The molecule has 0 aliphatic carbocycles. The van der Waals surface area contributed by atoms with Crippen LogP contribution in [-0.4, -0.2) is 35.8 Å². The highest BCUT2D eigenvalue weighted by Crippen LogP contribution is 2.32. The van der Waals surface area contributed by atoms with E-state index in [1.807, 2.05) is 61.5 Å². The second kappa shape index (κ2) is 11.7. The van der Waals surface area contributed by atoms with Crippen molar-refractivity contribution in [3.05, 3.63) is 72.8 Å². The molecule has 1 aromatic heterocycles. The highest BCUT2D eigenvalue weighted by molar-refractivity contribution is 8.00. The molecule has 180 valence electrons. The topological polar surface area (TPSA) is 89.5 Å². The molecule has 4 rings (SSSR count). The van der Waals surface area contributed by atoms with Gasteiger partial charge in [0.05, 0.1) is 22.6 Å². The highest BCUT2D eigenvalue weighted by atomic mass is 32.2. The Hall–Kier alpha value is -3.56. The van der Waals surface area contributed by atoms with Gasteiger partial charge in [-0.25, -0.2) is 4.98 Å². The molecular formula is C26H25N3O4S2. The van der Waals surface area contributed by atoms with E-state index in [9.17, 15) is 9.59 Å². The maximum Gasteiger partial charge on any atom is 0.262 e. The third-order valence-electron chi connectivity index (χ3n) is 5.00. The van der Waals surface area contributed by atoms with E-state index in [1.54, 1.807) is 25.3 Å². The molecule has 0 radical (unpaired) electrons. The summed E-state index contributed by atoms with van der Waals surface area (Å²) in [6, 6.07) is 22.2. The first-order valence-corrected chi connectivity index (χ1v) is 12.7. The van der Waals surface area contributed by atoms with Crippen LogP contribution in [0, 0.1) is 0 Å². The molecule has 0 saturated heterocycles. The quantitative estimate of drug-likeness (QED) is 0.263. The normalized spacial score (nSPS) is 11.6. The molecule has 2 amide bonds. The van der Waals surface area contributed by atoms with Crippen LogP contribution < -0.4 is 20.1 Å². The number of amides is 2. The van der Waals surface area contributed by atoms with Crippen LogP contribution in [0.15, 0.2) is 77.7 Å². The molecule has 0 saturated carbocycles. The van der Waals surface area contributed by atoms with E-state index in [0.29, 0.717) is 23.0 Å². The zero-order valence-corrected chi connectivity index (χ0v) is 20.9. The number of para-hydroxylation sites is 1. The number of carbonyl (C=O) groups excluding carboxylic acids is 2. The summed E-state index contributed by atoms with van der Waals surface area (Å²) in [6.07, 6.45) is 0.636. The molecular weight excluding hydrogens is 482 g/mol. The highest BCUT2D eigenvalue weighted by Gasteiger charge is 2.20. The number of fused-ring (bicyclic) bond motifs is 1. The molecule has 7 nitrogen and oxygen atoms in total. The lowest BCUT2D eigenvalue weighted by Gasteiger charge is -2.14. The average molecular weight is 508 g/mol. The number of hydrogen-bond acceptors (Lipinski definition) is 7. The summed E-state index contributed by atoms with van der Waals surface area (Å²) < 4.78 is 11.7. The number of ether oxygens (including phenoxy) is 2. The van der Waals surface area contributed by atoms with E-state index in [1.165, 1.54) is 23.1 Å². The standard InChI is InChI=1S/C26H25N3O4S2/c1-3-22(25(31)29-26-28-21-13-12-19(32-2)15-23(21)35-26)34-20-11-7-8-17(14-20)27-24(30)16-33-18-9-5-4-6-10-18/h4-15,22H,3,16H2,1-2H3,(H,27,30)(H,28,29,31). The molecule has 1 heterocycles. The zero-order valence-electron chi connectivity index (χ0n) is 19.3. The first-order chi connectivity index (χ1) is 17.0. The first kappa shape index (κ1) is 24.6.